The average Bonchev–Trinajstić information content (AvgIpc) is 2.35. The predicted molar refractivity (Wildman–Crippen MR) is 66.1 cm³/mol. The first-order valence-corrected chi connectivity index (χ1v) is 5.43. The Bertz CT molecular complexity index is 399. The molecule has 1 aromatic rings. The molecule has 1 aromatic carbocycles. The van der Waals surface area contributed by atoms with E-state index in [2.05, 4.69) is 10.6 Å². The van der Waals surface area contributed by atoms with Crippen molar-refractivity contribution in [1.29, 1.82) is 0 Å². The van der Waals surface area contributed by atoms with Gasteiger partial charge in [-0.25, -0.2) is 0 Å². The molecule has 0 aliphatic heterocycles. The number of carbonyl (C=O) groups is 2. The zero-order valence-electron chi connectivity index (χ0n) is 9.77. The summed E-state index contributed by atoms with van der Waals surface area (Å²) < 4.78 is 0. The Morgan fingerprint density at radius 1 is 1.18 bits per heavy atom. The zero-order valence-corrected chi connectivity index (χ0v) is 9.77. The predicted octanol–water partition coefficient (Wildman–Crippen LogP) is 0.995. The van der Waals surface area contributed by atoms with Gasteiger partial charge in [-0.3, -0.25) is 9.59 Å². The van der Waals surface area contributed by atoms with Gasteiger partial charge in [-0.1, -0.05) is 36.4 Å². The molecule has 0 aliphatic carbocycles. The van der Waals surface area contributed by atoms with Crippen LogP contribution in [0.4, 0.5) is 0 Å². The highest BCUT2D eigenvalue weighted by molar-refractivity contribution is 5.91. The van der Waals surface area contributed by atoms with Crippen molar-refractivity contribution in [1.82, 2.24) is 10.6 Å². The van der Waals surface area contributed by atoms with E-state index in [1.54, 1.807) is 13.0 Å². The lowest BCUT2D eigenvalue weighted by molar-refractivity contribution is -0.124. The molecule has 0 saturated heterocycles. The number of carbonyl (C=O) groups excluding carboxylic acids is 2. The molecule has 0 fully saturated rings. The molecule has 17 heavy (non-hydrogen) atoms. The molecule has 0 aliphatic rings. The highest BCUT2D eigenvalue weighted by atomic mass is 16.2. The van der Waals surface area contributed by atoms with Crippen molar-refractivity contribution in [2.24, 2.45) is 0 Å². The molecule has 0 heterocycles. The summed E-state index contributed by atoms with van der Waals surface area (Å²) in [6, 6.07) is 9.60. The lowest BCUT2D eigenvalue weighted by Crippen LogP contribution is -2.35. The van der Waals surface area contributed by atoms with Crippen LogP contribution in [0.25, 0.3) is 0 Å². The van der Waals surface area contributed by atoms with Crippen LogP contribution in [-0.4, -0.2) is 18.4 Å². The summed E-state index contributed by atoms with van der Waals surface area (Å²) in [4.78, 5) is 22.4. The molecular formula is C13H16N2O2. The Kier molecular flexibility index (Phi) is 5.51. The van der Waals surface area contributed by atoms with Crippen LogP contribution in [0.1, 0.15) is 12.5 Å². The van der Waals surface area contributed by atoms with Crippen LogP contribution in [0.2, 0.25) is 0 Å². The molecule has 0 aromatic heterocycles. The maximum absolute atomic E-state index is 11.4. The maximum atomic E-state index is 11.4. The van der Waals surface area contributed by atoms with Gasteiger partial charge in [0.25, 0.3) is 0 Å². The molecule has 0 radical (unpaired) electrons. The van der Waals surface area contributed by atoms with E-state index >= 15 is 0 Å². The van der Waals surface area contributed by atoms with Crippen LogP contribution < -0.4 is 10.6 Å². The van der Waals surface area contributed by atoms with Crippen molar-refractivity contribution < 1.29 is 9.59 Å². The first kappa shape index (κ1) is 13.0. The second-order valence-corrected chi connectivity index (χ2v) is 3.48. The first-order valence-electron chi connectivity index (χ1n) is 5.43. The van der Waals surface area contributed by atoms with Gasteiger partial charge in [0, 0.05) is 6.54 Å². The molecule has 0 unspecified atom stereocenters. The van der Waals surface area contributed by atoms with Crippen LogP contribution in [0.3, 0.4) is 0 Å². The van der Waals surface area contributed by atoms with Gasteiger partial charge < -0.3 is 10.6 Å². The topological polar surface area (TPSA) is 58.2 Å². The summed E-state index contributed by atoms with van der Waals surface area (Å²) in [5.74, 6) is -0.464. The molecule has 2 amide bonds. The average molecular weight is 232 g/mol. The summed E-state index contributed by atoms with van der Waals surface area (Å²) >= 11 is 0. The molecule has 0 atom stereocenters. The van der Waals surface area contributed by atoms with Gasteiger partial charge in [0.05, 0.1) is 6.54 Å². The third-order valence-electron chi connectivity index (χ3n) is 2.07. The van der Waals surface area contributed by atoms with Crippen molar-refractivity contribution in [3.05, 3.63) is 48.0 Å². The van der Waals surface area contributed by atoms with Crippen LogP contribution in [-0.2, 0) is 16.1 Å². The highest BCUT2D eigenvalue weighted by Gasteiger charge is 2.02. The van der Waals surface area contributed by atoms with Crippen molar-refractivity contribution >= 4 is 11.8 Å². The molecule has 1 rings (SSSR count). The third kappa shape index (κ3) is 5.51. The van der Waals surface area contributed by atoms with E-state index in [-0.39, 0.29) is 18.4 Å². The van der Waals surface area contributed by atoms with Crippen molar-refractivity contribution in [3.8, 4) is 0 Å². The zero-order chi connectivity index (χ0) is 12.5. The number of rotatable bonds is 5. The fourth-order valence-corrected chi connectivity index (χ4v) is 1.24. The number of hydrogen-bond donors (Lipinski definition) is 2. The van der Waals surface area contributed by atoms with Crippen molar-refractivity contribution in [2.75, 3.05) is 6.54 Å². The second kappa shape index (κ2) is 7.22. The highest BCUT2D eigenvalue weighted by Crippen LogP contribution is 1.96. The molecule has 4 nitrogen and oxygen atoms in total. The van der Waals surface area contributed by atoms with Crippen LogP contribution in [0.5, 0.6) is 0 Å². The molecule has 90 valence electrons. The van der Waals surface area contributed by atoms with Crippen LogP contribution in [0.15, 0.2) is 42.5 Å². The largest absolute Gasteiger partial charge is 0.350 e. The number of hydrogen-bond acceptors (Lipinski definition) is 2. The summed E-state index contributed by atoms with van der Waals surface area (Å²) in [6.07, 6.45) is 3.00. The summed E-state index contributed by atoms with van der Waals surface area (Å²) in [7, 11) is 0. The van der Waals surface area contributed by atoms with E-state index in [0.29, 0.717) is 6.54 Å². The Hall–Kier alpha value is -2.10. The van der Waals surface area contributed by atoms with Gasteiger partial charge in [-0.05, 0) is 18.6 Å². The van der Waals surface area contributed by atoms with Gasteiger partial charge in [0.2, 0.25) is 11.8 Å². The molecular weight excluding hydrogens is 216 g/mol. The van der Waals surface area contributed by atoms with E-state index in [4.69, 9.17) is 0 Å². The minimum Gasteiger partial charge on any atom is -0.350 e. The summed E-state index contributed by atoms with van der Waals surface area (Å²) in [5.41, 5.74) is 1.03. The Morgan fingerprint density at radius 3 is 2.53 bits per heavy atom. The lowest BCUT2D eigenvalue weighted by atomic mass is 10.2. The Labute approximate surface area is 101 Å². The van der Waals surface area contributed by atoms with E-state index < -0.39 is 0 Å². The van der Waals surface area contributed by atoms with Gasteiger partial charge in [-0.15, -0.1) is 0 Å². The molecule has 2 N–H and O–H groups in total. The van der Waals surface area contributed by atoms with Gasteiger partial charge in [0.1, 0.15) is 0 Å². The van der Waals surface area contributed by atoms with Crippen molar-refractivity contribution in [3.63, 3.8) is 0 Å². The fourth-order valence-electron chi connectivity index (χ4n) is 1.24. The minimum absolute atomic E-state index is 0.00396. The van der Waals surface area contributed by atoms with Crippen LogP contribution in [0, 0.1) is 0 Å². The fraction of sp³-hybridized carbons (Fsp3) is 0.231. The minimum atomic E-state index is -0.262. The number of allylic oxidation sites excluding steroid dienone is 1. The number of benzene rings is 1. The molecule has 0 spiro atoms. The van der Waals surface area contributed by atoms with E-state index in [9.17, 15) is 9.59 Å². The quantitative estimate of drug-likeness (QED) is 0.744. The number of amides is 2. The van der Waals surface area contributed by atoms with Crippen LogP contribution >= 0.6 is 0 Å². The normalized spacial score (nSPS) is 10.2. The maximum Gasteiger partial charge on any atom is 0.244 e. The lowest BCUT2D eigenvalue weighted by Gasteiger charge is -2.05. The van der Waals surface area contributed by atoms with E-state index in [1.165, 1.54) is 6.08 Å². The van der Waals surface area contributed by atoms with Crippen molar-refractivity contribution in [2.45, 2.75) is 13.5 Å². The second-order valence-electron chi connectivity index (χ2n) is 3.48. The Balaban J connectivity index is 2.24. The van der Waals surface area contributed by atoms with Gasteiger partial charge in [-0.2, -0.15) is 0 Å². The van der Waals surface area contributed by atoms with Gasteiger partial charge in [0.15, 0.2) is 0 Å². The summed E-state index contributed by atoms with van der Waals surface area (Å²) in [5, 5.41) is 5.20. The third-order valence-corrected chi connectivity index (χ3v) is 2.07. The number of nitrogens with one attached hydrogen (secondary N) is 2. The van der Waals surface area contributed by atoms with E-state index in [1.807, 2.05) is 30.3 Å². The van der Waals surface area contributed by atoms with E-state index in [0.717, 1.165) is 5.56 Å². The first-order chi connectivity index (χ1) is 8.22. The monoisotopic (exact) mass is 232 g/mol. The molecule has 4 heteroatoms. The summed E-state index contributed by atoms with van der Waals surface area (Å²) in [6.45, 7) is 2.21. The Morgan fingerprint density at radius 2 is 1.88 bits per heavy atom. The standard InChI is InChI=1S/C13H16N2O2/c1-2-6-12(16)15-10-13(17)14-9-11-7-4-3-5-8-11/h2-8H,9-10H2,1H3,(H,14,17)(H,15,16)/b6-2+. The van der Waals surface area contributed by atoms with Gasteiger partial charge >= 0.3 is 0 Å². The molecule has 0 bridgehead atoms. The SMILES string of the molecule is C/C=C/C(=O)NCC(=O)NCc1ccccc1. The molecule has 0 saturated carbocycles. The smallest absolute Gasteiger partial charge is 0.244 e.